The van der Waals surface area contributed by atoms with Crippen LogP contribution in [0.2, 0.25) is 0 Å². The number of aliphatic imine (C=N–C) groups is 1. The molecule has 0 spiro atoms. The van der Waals surface area contributed by atoms with Gasteiger partial charge in [0, 0.05) is 5.56 Å². The van der Waals surface area contributed by atoms with Crippen molar-refractivity contribution in [2.75, 3.05) is 0 Å². The third-order valence-electron chi connectivity index (χ3n) is 8.29. The van der Waals surface area contributed by atoms with Crippen molar-refractivity contribution in [2.45, 2.75) is 58.8 Å². The molecule has 0 aliphatic heterocycles. The average molecular weight is 588 g/mol. The molecule has 0 saturated heterocycles. The van der Waals surface area contributed by atoms with Crippen molar-refractivity contribution >= 4 is 35.2 Å². The van der Waals surface area contributed by atoms with Crippen molar-refractivity contribution in [3.8, 4) is 23.0 Å². The van der Waals surface area contributed by atoms with Crippen molar-refractivity contribution in [3.63, 3.8) is 0 Å². The molecule has 1 atom stereocenters. The van der Waals surface area contributed by atoms with Crippen LogP contribution in [0.3, 0.4) is 0 Å². The van der Waals surface area contributed by atoms with Gasteiger partial charge < -0.3 is 0 Å². The zero-order valence-corrected chi connectivity index (χ0v) is 25.5. The van der Waals surface area contributed by atoms with Gasteiger partial charge in [-0.15, -0.1) is 0 Å². The Kier molecular flexibility index (Phi) is 10.1. The lowest BCUT2D eigenvalue weighted by Gasteiger charge is -2.25. The average Bonchev–Trinajstić information content (AvgIpc) is 3.03. The van der Waals surface area contributed by atoms with E-state index in [9.17, 15) is 4.39 Å². The molecule has 4 aromatic carbocycles. The highest BCUT2D eigenvalue weighted by molar-refractivity contribution is 7.78. The third kappa shape index (κ3) is 7.44. The number of rotatable bonds is 8. The van der Waals surface area contributed by atoms with Gasteiger partial charge in [-0.3, -0.25) is 0 Å². The second kappa shape index (κ2) is 14.3. The van der Waals surface area contributed by atoms with Crippen molar-refractivity contribution in [1.82, 2.24) is 0 Å². The quantitative estimate of drug-likeness (QED) is 0.0864. The SMILES string of the molecule is CCCCC1CCc2c(cc(F)c(C#Cc3ccc(-c4ccc(/C=C/c5ccc(N=C=S)cc5CC)cc4)cc3)c2F)C1. The molecule has 1 aliphatic carbocycles. The van der Waals surface area contributed by atoms with Crippen LogP contribution < -0.4 is 0 Å². The number of isothiocyanates is 1. The van der Waals surface area contributed by atoms with Crippen molar-refractivity contribution in [1.29, 1.82) is 0 Å². The van der Waals surface area contributed by atoms with Crippen LogP contribution in [-0.4, -0.2) is 5.16 Å². The van der Waals surface area contributed by atoms with Gasteiger partial charge in [-0.25, -0.2) is 8.78 Å². The minimum Gasteiger partial charge on any atom is -0.206 e. The number of hydrogen-bond donors (Lipinski definition) is 0. The molecule has 1 aliphatic rings. The lowest BCUT2D eigenvalue weighted by atomic mass is 9.80. The van der Waals surface area contributed by atoms with E-state index in [4.69, 9.17) is 12.2 Å². The maximum absolute atomic E-state index is 15.3. The molecule has 5 rings (SSSR count). The second-order valence-electron chi connectivity index (χ2n) is 11.2. The molecule has 4 heteroatoms. The summed E-state index contributed by atoms with van der Waals surface area (Å²) in [4.78, 5) is 4.08. The van der Waals surface area contributed by atoms with E-state index in [1.807, 2.05) is 36.4 Å². The molecule has 216 valence electrons. The Morgan fingerprint density at radius 3 is 2.35 bits per heavy atom. The summed E-state index contributed by atoms with van der Waals surface area (Å²) in [6.07, 6.45) is 10.9. The minimum atomic E-state index is -0.561. The molecule has 0 N–H and O–H groups in total. The van der Waals surface area contributed by atoms with E-state index in [0.717, 1.165) is 72.0 Å². The van der Waals surface area contributed by atoms with E-state index >= 15 is 4.39 Å². The fourth-order valence-corrected chi connectivity index (χ4v) is 5.92. The Labute approximate surface area is 259 Å². The molecule has 0 bridgehead atoms. The van der Waals surface area contributed by atoms with Gasteiger partial charge in [0.15, 0.2) is 0 Å². The fourth-order valence-electron chi connectivity index (χ4n) is 5.81. The standard InChI is InChI=1S/C39H35F2NS/c1-3-5-6-29-13-21-36-34(23-29)25-38(40)37(39(36)41)22-12-28-10-17-33(18-11-28)32-15-8-27(9-16-32)7-14-31-19-20-35(42-26-43)24-30(31)4-2/h7-11,14-20,24-25,29H,3-6,13,21,23H2,1-2H3/b14-7+. The van der Waals surface area contributed by atoms with E-state index in [2.05, 4.69) is 78.3 Å². The van der Waals surface area contributed by atoms with Gasteiger partial charge in [-0.2, -0.15) is 4.99 Å². The number of benzene rings is 4. The first-order chi connectivity index (χ1) is 21.0. The summed E-state index contributed by atoms with van der Waals surface area (Å²) in [5, 5.41) is 2.42. The molecular formula is C39H35F2NS. The van der Waals surface area contributed by atoms with Gasteiger partial charge in [0.05, 0.1) is 16.4 Å². The first-order valence-electron chi connectivity index (χ1n) is 15.1. The highest BCUT2D eigenvalue weighted by Gasteiger charge is 2.24. The Bertz CT molecular complexity index is 1730. The molecule has 0 heterocycles. The summed E-state index contributed by atoms with van der Waals surface area (Å²) in [5.41, 5.74) is 8.46. The molecular weight excluding hydrogens is 552 g/mol. The first-order valence-corrected chi connectivity index (χ1v) is 15.5. The predicted octanol–water partition coefficient (Wildman–Crippen LogP) is 10.8. The Morgan fingerprint density at radius 2 is 1.65 bits per heavy atom. The minimum absolute atomic E-state index is 0.121. The summed E-state index contributed by atoms with van der Waals surface area (Å²) in [7, 11) is 0. The maximum atomic E-state index is 15.3. The second-order valence-corrected chi connectivity index (χ2v) is 11.3. The van der Waals surface area contributed by atoms with E-state index in [1.54, 1.807) is 0 Å². The van der Waals surface area contributed by atoms with Crippen LogP contribution in [0.15, 0.2) is 77.8 Å². The maximum Gasteiger partial charge on any atom is 0.145 e. The van der Waals surface area contributed by atoms with E-state index in [-0.39, 0.29) is 5.56 Å². The topological polar surface area (TPSA) is 12.4 Å². The number of aryl methyl sites for hydroxylation is 1. The smallest absolute Gasteiger partial charge is 0.145 e. The summed E-state index contributed by atoms with van der Waals surface area (Å²) in [6.45, 7) is 4.30. The van der Waals surface area contributed by atoms with Gasteiger partial charge in [-0.1, -0.05) is 99.6 Å². The molecule has 0 aromatic heterocycles. The van der Waals surface area contributed by atoms with Gasteiger partial charge in [-0.05, 0) is 113 Å². The van der Waals surface area contributed by atoms with Crippen LogP contribution in [-0.2, 0) is 19.3 Å². The van der Waals surface area contributed by atoms with Crippen LogP contribution in [0, 0.1) is 29.4 Å². The third-order valence-corrected chi connectivity index (χ3v) is 8.38. The molecule has 0 amide bonds. The number of thiocarbonyl (C=S) groups is 1. The normalized spacial score (nSPS) is 14.1. The highest BCUT2D eigenvalue weighted by atomic mass is 32.1. The largest absolute Gasteiger partial charge is 0.206 e. The van der Waals surface area contributed by atoms with Crippen LogP contribution in [0.4, 0.5) is 14.5 Å². The van der Waals surface area contributed by atoms with Crippen LogP contribution in [0.25, 0.3) is 23.3 Å². The molecule has 0 saturated carbocycles. The zero-order chi connectivity index (χ0) is 30.2. The molecule has 1 unspecified atom stereocenters. The van der Waals surface area contributed by atoms with Crippen LogP contribution in [0.1, 0.15) is 78.5 Å². The lowest BCUT2D eigenvalue weighted by molar-refractivity contribution is 0.402. The Balaban J connectivity index is 1.27. The number of fused-ring (bicyclic) bond motifs is 1. The summed E-state index contributed by atoms with van der Waals surface area (Å²) in [5.74, 6) is 5.23. The first kappa shape index (κ1) is 30.3. The monoisotopic (exact) mass is 587 g/mol. The molecule has 0 fully saturated rings. The predicted molar refractivity (Wildman–Crippen MR) is 179 cm³/mol. The Morgan fingerprint density at radius 1 is 0.907 bits per heavy atom. The molecule has 4 aromatic rings. The van der Waals surface area contributed by atoms with E-state index in [0.29, 0.717) is 23.5 Å². The summed E-state index contributed by atoms with van der Waals surface area (Å²) in [6, 6.07) is 23.7. The van der Waals surface area contributed by atoms with Crippen molar-refractivity contribution < 1.29 is 8.78 Å². The molecule has 43 heavy (non-hydrogen) atoms. The van der Waals surface area contributed by atoms with Crippen LogP contribution >= 0.6 is 12.2 Å². The molecule has 1 nitrogen and oxygen atoms in total. The number of hydrogen-bond acceptors (Lipinski definition) is 2. The summed E-state index contributed by atoms with van der Waals surface area (Å²) >= 11 is 4.72. The van der Waals surface area contributed by atoms with Crippen molar-refractivity contribution in [2.24, 2.45) is 10.9 Å². The van der Waals surface area contributed by atoms with Gasteiger partial charge in [0.1, 0.15) is 11.6 Å². The highest BCUT2D eigenvalue weighted by Crippen LogP contribution is 2.33. The number of nitrogens with zero attached hydrogens (tertiary/aromatic N) is 1. The van der Waals surface area contributed by atoms with E-state index in [1.165, 1.54) is 11.6 Å². The number of halogens is 2. The van der Waals surface area contributed by atoms with Gasteiger partial charge in [0.25, 0.3) is 0 Å². The van der Waals surface area contributed by atoms with Crippen molar-refractivity contribution in [3.05, 3.63) is 123 Å². The summed E-state index contributed by atoms with van der Waals surface area (Å²) < 4.78 is 30.2. The zero-order valence-electron chi connectivity index (χ0n) is 24.7. The Hall–Kier alpha value is -4.16. The van der Waals surface area contributed by atoms with E-state index < -0.39 is 11.6 Å². The molecule has 0 radical (unpaired) electrons. The van der Waals surface area contributed by atoms with Crippen LogP contribution in [0.5, 0.6) is 0 Å². The van der Waals surface area contributed by atoms with Gasteiger partial charge >= 0.3 is 0 Å². The van der Waals surface area contributed by atoms with Gasteiger partial charge in [0.2, 0.25) is 0 Å². The number of unbranched alkanes of at least 4 members (excludes halogenated alkanes) is 1. The fraction of sp³-hybridized carbons (Fsp3) is 0.256. The lowest BCUT2D eigenvalue weighted by Crippen LogP contribution is -2.17.